The van der Waals surface area contributed by atoms with Crippen LogP contribution in [0.5, 0.6) is 5.75 Å². The Morgan fingerprint density at radius 3 is 2.38 bits per heavy atom. The van der Waals surface area contributed by atoms with Gasteiger partial charge in [0, 0.05) is 0 Å². The number of hydrogen-bond donors (Lipinski definition) is 0. The van der Waals surface area contributed by atoms with Crippen LogP contribution in [-0.2, 0) is 9.47 Å². The number of rotatable bonds is 8. The summed E-state index contributed by atoms with van der Waals surface area (Å²) in [6.07, 6.45) is 8.02. The van der Waals surface area contributed by atoms with Crippen molar-refractivity contribution in [3.63, 3.8) is 0 Å². The summed E-state index contributed by atoms with van der Waals surface area (Å²) in [5, 5.41) is 0. The Kier molecular flexibility index (Phi) is 7.04. The van der Waals surface area contributed by atoms with E-state index in [1.165, 1.54) is 32.1 Å². The van der Waals surface area contributed by atoms with E-state index in [1.807, 2.05) is 12.1 Å². The maximum Gasteiger partial charge on any atom is 0.118 e. The van der Waals surface area contributed by atoms with E-state index >= 15 is 0 Å². The molecule has 21 heavy (non-hydrogen) atoms. The van der Waals surface area contributed by atoms with Crippen molar-refractivity contribution in [2.24, 2.45) is 0 Å². The minimum absolute atomic E-state index is 0.0623. The van der Waals surface area contributed by atoms with Gasteiger partial charge in [-0.05, 0) is 24.1 Å². The Labute approximate surface area is 128 Å². The number of ether oxygens (including phenoxy) is 3. The first-order chi connectivity index (χ1) is 10.3. The summed E-state index contributed by atoms with van der Waals surface area (Å²) >= 11 is 0. The second-order valence-corrected chi connectivity index (χ2v) is 5.75. The van der Waals surface area contributed by atoms with E-state index in [1.54, 1.807) is 7.11 Å². The average molecular weight is 292 g/mol. The van der Waals surface area contributed by atoms with E-state index in [0.717, 1.165) is 17.7 Å². The normalized spacial score (nSPS) is 22.2. The molecule has 3 nitrogen and oxygen atoms in total. The molecule has 0 aliphatic carbocycles. The van der Waals surface area contributed by atoms with Gasteiger partial charge in [-0.25, -0.2) is 0 Å². The van der Waals surface area contributed by atoms with Gasteiger partial charge in [-0.2, -0.15) is 0 Å². The van der Waals surface area contributed by atoms with Crippen LogP contribution in [0.3, 0.4) is 0 Å². The molecule has 0 spiro atoms. The first-order valence-electron chi connectivity index (χ1n) is 8.20. The Morgan fingerprint density at radius 1 is 1.00 bits per heavy atom. The zero-order chi connectivity index (χ0) is 14.9. The minimum Gasteiger partial charge on any atom is -0.497 e. The van der Waals surface area contributed by atoms with Crippen molar-refractivity contribution in [3.8, 4) is 5.75 Å². The Balaban J connectivity index is 1.67. The lowest BCUT2D eigenvalue weighted by Crippen LogP contribution is -2.31. The van der Waals surface area contributed by atoms with Gasteiger partial charge in [0.05, 0.1) is 26.4 Å². The van der Waals surface area contributed by atoms with Crippen LogP contribution < -0.4 is 4.74 Å². The van der Waals surface area contributed by atoms with Crippen LogP contribution in [0, 0.1) is 0 Å². The molecule has 0 aromatic heterocycles. The third kappa shape index (κ3) is 5.33. The fourth-order valence-corrected chi connectivity index (χ4v) is 2.70. The van der Waals surface area contributed by atoms with Crippen molar-refractivity contribution < 1.29 is 14.2 Å². The SMILES string of the molecule is CCCCCCC[C@H]1CO[C@H](c2ccc(OC)cc2)CO1. The van der Waals surface area contributed by atoms with Crippen LogP contribution >= 0.6 is 0 Å². The largest absolute Gasteiger partial charge is 0.497 e. The molecule has 1 aliphatic heterocycles. The van der Waals surface area contributed by atoms with Gasteiger partial charge in [-0.1, -0.05) is 51.2 Å². The summed E-state index contributed by atoms with van der Waals surface area (Å²) in [7, 11) is 1.68. The fraction of sp³-hybridized carbons (Fsp3) is 0.667. The maximum absolute atomic E-state index is 5.96. The standard InChI is InChI=1S/C18H28O3/c1-3-4-5-6-7-8-17-13-21-18(14-20-17)15-9-11-16(19-2)12-10-15/h9-12,17-18H,3-8,13-14H2,1-2H3/t17-,18-/m0/s1. The van der Waals surface area contributed by atoms with Crippen molar-refractivity contribution in [1.29, 1.82) is 0 Å². The molecule has 1 saturated heterocycles. The molecular formula is C18H28O3. The van der Waals surface area contributed by atoms with Gasteiger partial charge in [0.2, 0.25) is 0 Å². The molecule has 0 saturated carbocycles. The number of unbranched alkanes of at least 4 members (excludes halogenated alkanes) is 4. The van der Waals surface area contributed by atoms with E-state index in [-0.39, 0.29) is 12.2 Å². The second-order valence-electron chi connectivity index (χ2n) is 5.75. The molecule has 118 valence electrons. The topological polar surface area (TPSA) is 27.7 Å². The van der Waals surface area contributed by atoms with Gasteiger partial charge in [0.1, 0.15) is 11.9 Å². The van der Waals surface area contributed by atoms with E-state index in [4.69, 9.17) is 14.2 Å². The van der Waals surface area contributed by atoms with Gasteiger partial charge in [-0.15, -0.1) is 0 Å². The summed E-state index contributed by atoms with van der Waals surface area (Å²) in [6.45, 7) is 3.62. The van der Waals surface area contributed by atoms with Crippen LogP contribution in [0.15, 0.2) is 24.3 Å². The molecule has 0 N–H and O–H groups in total. The summed E-state index contributed by atoms with van der Waals surface area (Å²) in [5.74, 6) is 0.875. The Hall–Kier alpha value is -1.06. The molecule has 2 rings (SSSR count). The molecule has 1 heterocycles. The highest BCUT2D eigenvalue weighted by atomic mass is 16.6. The molecule has 3 heteroatoms. The molecule has 1 aliphatic rings. The Morgan fingerprint density at radius 2 is 1.76 bits per heavy atom. The molecule has 1 fully saturated rings. The molecule has 1 aromatic carbocycles. The monoisotopic (exact) mass is 292 g/mol. The predicted octanol–water partition coefficient (Wildman–Crippen LogP) is 4.51. The van der Waals surface area contributed by atoms with Crippen LogP contribution in [0.1, 0.15) is 57.1 Å². The number of benzene rings is 1. The maximum atomic E-state index is 5.96. The van der Waals surface area contributed by atoms with Crippen LogP contribution in [-0.4, -0.2) is 26.4 Å². The fourth-order valence-electron chi connectivity index (χ4n) is 2.70. The third-order valence-corrected chi connectivity index (χ3v) is 4.08. The lowest BCUT2D eigenvalue weighted by atomic mass is 10.1. The Bertz CT molecular complexity index is 380. The first-order valence-corrected chi connectivity index (χ1v) is 8.20. The van der Waals surface area contributed by atoms with E-state index < -0.39 is 0 Å². The van der Waals surface area contributed by atoms with Gasteiger partial charge < -0.3 is 14.2 Å². The minimum atomic E-state index is 0.0623. The molecule has 0 unspecified atom stereocenters. The van der Waals surface area contributed by atoms with E-state index in [0.29, 0.717) is 13.2 Å². The van der Waals surface area contributed by atoms with Gasteiger partial charge in [0.25, 0.3) is 0 Å². The van der Waals surface area contributed by atoms with E-state index in [9.17, 15) is 0 Å². The van der Waals surface area contributed by atoms with Gasteiger partial charge in [-0.3, -0.25) is 0 Å². The lowest BCUT2D eigenvalue weighted by molar-refractivity contribution is -0.137. The summed E-state index contributed by atoms with van der Waals surface area (Å²) in [6, 6.07) is 8.05. The van der Waals surface area contributed by atoms with Crippen molar-refractivity contribution in [3.05, 3.63) is 29.8 Å². The molecule has 2 atom stereocenters. The highest BCUT2D eigenvalue weighted by molar-refractivity contribution is 5.28. The van der Waals surface area contributed by atoms with Crippen molar-refractivity contribution >= 4 is 0 Å². The van der Waals surface area contributed by atoms with Crippen molar-refractivity contribution in [2.75, 3.05) is 20.3 Å². The van der Waals surface area contributed by atoms with E-state index in [2.05, 4.69) is 19.1 Å². The highest BCUT2D eigenvalue weighted by Crippen LogP contribution is 2.26. The van der Waals surface area contributed by atoms with Crippen molar-refractivity contribution in [2.45, 2.75) is 57.7 Å². The number of methoxy groups -OCH3 is 1. The van der Waals surface area contributed by atoms with Crippen LogP contribution in [0.2, 0.25) is 0 Å². The summed E-state index contributed by atoms with van der Waals surface area (Å²) in [5.41, 5.74) is 1.16. The van der Waals surface area contributed by atoms with Crippen LogP contribution in [0.4, 0.5) is 0 Å². The zero-order valence-corrected chi connectivity index (χ0v) is 13.3. The molecule has 0 radical (unpaired) electrons. The van der Waals surface area contributed by atoms with Crippen molar-refractivity contribution in [1.82, 2.24) is 0 Å². The third-order valence-electron chi connectivity index (χ3n) is 4.08. The molecule has 1 aromatic rings. The van der Waals surface area contributed by atoms with Gasteiger partial charge >= 0.3 is 0 Å². The summed E-state index contributed by atoms with van der Waals surface area (Å²) in [4.78, 5) is 0. The number of hydrogen-bond acceptors (Lipinski definition) is 3. The highest BCUT2D eigenvalue weighted by Gasteiger charge is 2.23. The quantitative estimate of drug-likeness (QED) is 0.660. The predicted molar refractivity (Wildman–Crippen MR) is 84.8 cm³/mol. The molecular weight excluding hydrogens is 264 g/mol. The first kappa shape index (κ1) is 16.3. The summed E-state index contributed by atoms with van der Waals surface area (Å²) < 4.78 is 17.1. The average Bonchev–Trinajstić information content (AvgIpc) is 2.55. The second kappa shape index (κ2) is 9.06. The van der Waals surface area contributed by atoms with Gasteiger partial charge in [0.15, 0.2) is 0 Å². The van der Waals surface area contributed by atoms with Crippen LogP contribution in [0.25, 0.3) is 0 Å². The smallest absolute Gasteiger partial charge is 0.118 e. The molecule has 0 amide bonds. The zero-order valence-electron chi connectivity index (χ0n) is 13.3. The lowest BCUT2D eigenvalue weighted by Gasteiger charge is -2.30. The molecule has 0 bridgehead atoms.